The average molecular weight is 328 g/mol. The summed E-state index contributed by atoms with van der Waals surface area (Å²) in [6, 6.07) is 14.2. The molecule has 0 radical (unpaired) electrons. The molecule has 3 rings (SSSR count). The van der Waals surface area contributed by atoms with E-state index in [1.54, 1.807) is 0 Å². The van der Waals surface area contributed by atoms with E-state index in [1.165, 1.54) is 6.42 Å². The molecule has 1 fully saturated rings. The summed E-state index contributed by atoms with van der Waals surface area (Å²) in [6.45, 7) is 8.68. The van der Waals surface area contributed by atoms with Crippen LogP contribution >= 0.6 is 0 Å². The zero-order valence-electron chi connectivity index (χ0n) is 14.5. The van der Waals surface area contributed by atoms with E-state index in [2.05, 4.69) is 34.9 Å². The number of rotatable bonds is 6. The smallest absolute Gasteiger partial charge is 0.127 e. The lowest BCUT2D eigenvalue weighted by Gasteiger charge is -2.24. The van der Waals surface area contributed by atoms with Gasteiger partial charge >= 0.3 is 0 Å². The Kier molecular flexibility index (Phi) is 6.07. The zero-order valence-corrected chi connectivity index (χ0v) is 14.5. The van der Waals surface area contributed by atoms with Crippen LogP contribution in [0.4, 0.5) is 0 Å². The van der Waals surface area contributed by atoms with Crippen LogP contribution in [0.25, 0.3) is 10.8 Å². The third-order valence-corrected chi connectivity index (χ3v) is 4.78. The molecule has 1 N–H and O–H groups in total. The molecule has 1 aliphatic rings. The van der Waals surface area contributed by atoms with E-state index in [0.29, 0.717) is 13.2 Å². The zero-order chi connectivity index (χ0) is 16.8. The Morgan fingerprint density at radius 3 is 2.62 bits per heavy atom. The maximum Gasteiger partial charge on any atom is 0.127 e. The molecule has 1 unspecified atom stereocenters. The van der Waals surface area contributed by atoms with Gasteiger partial charge in [-0.25, -0.2) is 0 Å². The fourth-order valence-corrected chi connectivity index (χ4v) is 3.38. The van der Waals surface area contributed by atoms with Crippen LogP contribution in [0.1, 0.15) is 13.3 Å². The van der Waals surface area contributed by atoms with Gasteiger partial charge in [0.1, 0.15) is 18.5 Å². The SMILES string of the molecule is CCN1CCCN(CC(O)COc2cccc3ccccc23)CC1. The number of fused-ring (bicyclic) bond motifs is 1. The summed E-state index contributed by atoms with van der Waals surface area (Å²) in [7, 11) is 0. The average Bonchev–Trinajstić information content (AvgIpc) is 2.85. The van der Waals surface area contributed by atoms with E-state index in [0.717, 1.165) is 49.2 Å². The Hall–Kier alpha value is -1.62. The Bertz CT molecular complexity index is 641. The second-order valence-corrected chi connectivity index (χ2v) is 6.53. The lowest BCUT2D eigenvalue weighted by molar-refractivity contribution is 0.0700. The van der Waals surface area contributed by atoms with Gasteiger partial charge in [0, 0.05) is 25.0 Å². The van der Waals surface area contributed by atoms with Crippen molar-refractivity contribution in [2.75, 3.05) is 45.9 Å². The third-order valence-electron chi connectivity index (χ3n) is 4.78. The molecule has 4 heteroatoms. The van der Waals surface area contributed by atoms with Crippen LogP contribution in [0.2, 0.25) is 0 Å². The molecule has 0 aromatic heterocycles. The Balaban J connectivity index is 1.52. The first-order valence-electron chi connectivity index (χ1n) is 8.99. The summed E-state index contributed by atoms with van der Waals surface area (Å²) < 4.78 is 5.91. The molecule has 1 atom stereocenters. The summed E-state index contributed by atoms with van der Waals surface area (Å²) >= 11 is 0. The van der Waals surface area contributed by atoms with Crippen LogP contribution in [0, 0.1) is 0 Å². The van der Waals surface area contributed by atoms with Gasteiger partial charge in [-0.2, -0.15) is 0 Å². The van der Waals surface area contributed by atoms with Gasteiger partial charge in [-0.1, -0.05) is 43.3 Å². The predicted molar refractivity (Wildman–Crippen MR) is 98.6 cm³/mol. The van der Waals surface area contributed by atoms with Crippen molar-refractivity contribution in [3.05, 3.63) is 42.5 Å². The van der Waals surface area contributed by atoms with Crippen molar-refractivity contribution in [1.29, 1.82) is 0 Å². The maximum atomic E-state index is 10.4. The number of aliphatic hydroxyl groups is 1. The van der Waals surface area contributed by atoms with Gasteiger partial charge in [0.15, 0.2) is 0 Å². The fourth-order valence-electron chi connectivity index (χ4n) is 3.38. The maximum absolute atomic E-state index is 10.4. The summed E-state index contributed by atoms with van der Waals surface area (Å²) in [6.07, 6.45) is 0.710. The molecule has 0 bridgehead atoms. The largest absolute Gasteiger partial charge is 0.490 e. The number of benzene rings is 2. The number of hydrogen-bond acceptors (Lipinski definition) is 4. The van der Waals surface area contributed by atoms with E-state index < -0.39 is 6.10 Å². The van der Waals surface area contributed by atoms with Gasteiger partial charge in [0.25, 0.3) is 0 Å². The minimum Gasteiger partial charge on any atom is -0.490 e. The van der Waals surface area contributed by atoms with Crippen molar-refractivity contribution in [2.45, 2.75) is 19.4 Å². The first-order valence-corrected chi connectivity index (χ1v) is 8.99. The van der Waals surface area contributed by atoms with Crippen molar-refractivity contribution >= 4 is 10.8 Å². The lowest BCUT2D eigenvalue weighted by atomic mass is 10.1. The molecule has 1 aliphatic heterocycles. The van der Waals surface area contributed by atoms with Gasteiger partial charge in [-0.15, -0.1) is 0 Å². The van der Waals surface area contributed by atoms with Gasteiger partial charge in [-0.05, 0) is 37.5 Å². The lowest BCUT2D eigenvalue weighted by Crippen LogP contribution is -2.38. The Morgan fingerprint density at radius 2 is 1.75 bits per heavy atom. The Morgan fingerprint density at radius 1 is 1.00 bits per heavy atom. The highest BCUT2D eigenvalue weighted by molar-refractivity contribution is 5.88. The van der Waals surface area contributed by atoms with E-state index in [1.807, 2.05) is 24.3 Å². The van der Waals surface area contributed by atoms with E-state index in [9.17, 15) is 5.11 Å². The van der Waals surface area contributed by atoms with Crippen LogP contribution < -0.4 is 4.74 Å². The minimum absolute atomic E-state index is 0.335. The molecule has 1 saturated heterocycles. The molecule has 4 nitrogen and oxygen atoms in total. The number of β-amino-alcohol motifs (C(OH)–C–C–N with tert-alkyl or cyclic N) is 1. The van der Waals surface area contributed by atoms with Gasteiger partial charge < -0.3 is 14.7 Å². The second kappa shape index (κ2) is 8.47. The fraction of sp³-hybridized carbons (Fsp3) is 0.500. The van der Waals surface area contributed by atoms with Crippen LogP contribution in [0.15, 0.2) is 42.5 Å². The first-order chi connectivity index (χ1) is 11.8. The van der Waals surface area contributed by atoms with Crippen molar-refractivity contribution in [2.24, 2.45) is 0 Å². The molecule has 2 aromatic carbocycles. The Labute approximate surface area is 144 Å². The molecular formula is C20H28N2O2. The summed E-state index contributed by atoms with van der Waals surface area (Å²) in [5.41, 5.74) is 0. The van der Waals surface area contributed by atoms with Crippen LogP contribution in [0.3, 0.4) is 0 Å². The summed E-state index contributed by atoms with van der Waals surface area (Å²) in [5.74, 6) is 0.847. The summed E-state index contributed by atoms with van der Waals surface area (Å²) in [5, 5.41) is 12.6. The molecule has 2 aromatic rings. The molecule has 0 saturated carbocycles. The van der Waals surface area contributed by atoms with Crippen LogP contribution in [-0.2, 0) is 0 Å². The normalized spacial score (nSPS) is 18.4. The van der Waals surface area contributed by atoms with Crippen molar-refractivity contribution in [1.82, 2.24) is 9.80 Å². The van der Waals surface area contributed by atoms with E-state index >= 15 is 0 Å². The van der Waals surface area contributed by atoms with E-state index in [4.69, 9.17) is 4.74 Å². The third kappa shape index (κ3) is 4.47. The first kappa shape index (κ1) is 17.2. The monoisotopic (exact) mass is 328 g/mol. The highest BCUT2D eigenvalue weighted by Gasteiger charge is 2.17. The number of likely N-dealkylation sites (N-methyl/N-ethyl adjacent to an activating group) is 1. The molecule has 0 spiro atoms. The van der Waals surface area contributed by atoms with Crippen LogP contribution in [0.5, 0.6) is 5.75 Å². The molecule has 0 amide bonds. The molecule has 130 valence electrons. The second-order valence-electron chi connectivity index (χ2n) is 6.53. The van der Waals surface area contributed by atoms with Crippen molar-refractivity contribution in [3.63, 3.8) is 0 Å². The molecule has 24 heavy (non-hydrogen) atoms. The van der Waals surface area contributed by atoms with E-state index in [-0.39, 0.29) is 0 Å². The number of hydrogen-bond donors (Lipinski definition) is 1. The van der Waals surface area contributed by atoms with Crippen molar-refractivity contribution < 1.29 is 9.84 Å². The van der Waals surface area contributed by atoms with Gasteiger partial charge in [0.05, 0.1) is 0 Å². The quantitative estimate of drug-likeness (QED) is 0.884. The standard InChI is InChI=1S/C20H28N2O2/c1-2-21-11-6-12-22(14-13-21)15-18(23)16-24-20-10-5-8-17-7-3-4-9-19(17)20/h3-5,7-10,18,23H,2,6,11-16H2,1H3. The molecule has 1 heterocycles. The van der Waals surface area contributed by atoms with Crippen LogP contribution in [-0.4, -0.2) is 66.9 Å². The molecular weight excluding hydrogens is 300 g/mol. The van der Waals surface area contributed by atoms with Crippen molar-refractivity contribution in [3.8, 4) is 5.75 Å². The molecule has 0 aliphatic carbocycles. The predicted octanol–water partition coefficient (Wildman–Crippen LogP) is 2.61. The van der Waals surface area contributed by atoms with Gasteiger partial charge in [-0.3, -0.25) is 4.90 Å². The highest BCUT2D eigenvalue weighted by atomic mass is 16.5. The number of nitrogens with zero attached hydrogens (tertiary/aromatic N) is 2. The highest BCUT2D eigenvalue weighted by Crippen LogP contribution is 2.25. The topological polar surface area (TPSA) is 35.9 Å². The minimum atomic E-state index is -0.461. The number of ether oxygens (including phenoxy) is 1. The van der Waals surface area contributed by atoms with Gasteiger partial charge in [0.2, 0.25) is 0 Å². The summed E-state index contributed by atoms with van der Waals surface area (Å²) in [4.78, 5) is 4.83. The number of aliphatic hydroxyl groups excluding tert-OH is 1.